The number of thioether (sulfide) groups is 1. The van der Waals surface area contributed by atoms with Gasteiger partial charge in [-0.15, -0.1) is 10.2 Å². The van der Waals surface area contributed by atoms with Crippen LogP contribution in [0.1, 0.15) is 0 Å². The van der Waals surface area contributed by atoms with Crippen LogP contribution in [-0.2, 0) is 4.79 Å². The van der Waals surface area contributed by atoms with Crippen molar-refractivity contribution in [1.29, 1.82) is 0 Å². The van der Waals surface area contributed by atoms with Gasteiger partial charge in [-0.05, 0) is 6.07 Å². The normalized spacial score (nSPS) is 10.4. The number of rotatable bonds is 4. The fourth-order valence-corrected chi connectivity index (χ4v) is 1.54. The predicted octanol–water partition coefficient (Wildman–Crippen LogP) is 0.602. The van der Waals surface area contributed by atoms with E-state index >= 15 is 0 Å². The van der Waals surface area contributed by atoms with Crippen molar-refractivity contribution in [2.45, 2.75) is 5.22 Å². The molecule has 0 aliphatic heterocycles. The van der Waals surface area contributed by atoms with Crippen molar-refractivity contribution in [2.24, 2.45) is 0 Å². The summed E-state index contributed by atoms with van der Waals surface area (Å²) in [5.74, 6) is -0.874. The molecule has 0 aromatic carbocycles. The molecule has 2 N–H and O–H groups in total. The van der Waals surface area contributed by atoms with Gasteiger partial charge in [0.1, 0.15) is 5.75 Å². The second-order valence-electron chi connectivity index (χ2n) is 3.00. The maximum absolute atomic E-state index is 10.8. The van der Waals surface area contributed by atoms with Crippen molar-refractivity contribution in [3.63, 3.8) is 0 Å². The molecule has 0 bridgehead atoms. The monoisotopic (exact) mass is 253 g/mol. The van der Waals surface area contributed by atoms with E-state index in [0.29, 0.717) is 5.56 Å². The maximum atomic E-state index is 10.8. The topological polar surface area (TPSA) is 109 Å². The molecule has 0 saturated heterocycles. The molecule has 0 fully saturated rings. The Kier molecular flexibility index (Phi) is 3.24. The Hall–Kier alpha value is -2.09. The van der Waals surface area contributed by atoms with Crippen LogP contribution in [0.2, 0.25) is 0 Å². The van der Waals surface area contributed by atoms with E-state index in [0.717, 1.165) is 11.8 Å². The highest BCUT2D eigenvalue weighted by molar-refractivity contribution is 7.99. The van der Waals surface area contributed by atoms with E-state index in [1.165, 1.54) is 18.3 Å². The maximum Gasteiger partial charge on any atom is 0.314 e. The number of H-pyrrole nitrogens is 1. The van der Waals surface area contributed by atoms with Crippen LogP contribution in [0.5, 0.6) is 0 Å². The molecule has 0 atom stereocenters. The van der Waals surface area contributed by atoms with Crippen molar-refractivity contribution in [3.05, 3.63) is 28.7 Å². The van der Waals surface area contributed by atoms with Crippen molar-refractivity contribution in [1.82, 2.24) is 15.2 Å². The predicted molar refractivity (Wildman–Crippen MR) is 58.7 cm³/mol. The Morgan fingerprint density at radius 1 is 1.47 bits per heavy atom. The Morgan fingerprint density at radius 2 is 2.29 bits per heavy atom. The zero-order chi connectivity index (χ0) is 12.3. The second-order valence-corrected chi connectivity index (χ2v) is 3.92. The first-order valence-electron chi connectivity index (χ1n) is 4.52. The molecule has 2 aromatic rings. The quantitative estimate of drug-likeness (QED) is 0.768. The highest BCUT2D eigenvalue weighted by Gasteiger charge is 2.10. The molecular weight excluding hydrogens is 246 g/mol. The summed E-state index contributed by atoms with van der Waals surface area (Å²) >= 11 is 0.935. The molecule has 88 valence electrons. The van der Waals surface area contributed by atoms with Gasteiger partial charge in [-0.25, -0.2) is 0 Å². The highest BCUT2D eigenvalue weighted by Crippen LogP contribution is 2.21. The number of nitrogens with zero attached hydrogens (tertiary/aromatic N) is 2. The van der Waals surface area contributed by atoms with Crippen LogP contribution in [0.25, 0.3) is 11.5 Å². The van der Waals surface area contributed by atoms with Gasteiger partial charge in [0.25, 0.3) is 5.22 Å². The number of aromatic nitrogens is 3. The first-order valence-corrected chi connectivity index (χ1v) is 5.51. The number of carboxylic acids is 1. The number of aromatic amines is 1. The van der Waals surface area contributed by atoms with Crippen LogP contribution < -0.4 is 5.56 Å². The van der Waals surface area contributed by atoms with Gasteiger partial charge in [0.2, 0.25) is 11.4 Å². The Bertz CT molecular complexity index is 571. The van der Waals surface area contributed by atoms with Crippen molar-refractivity contribution in [3.8, 4) is 11.5 Å². The molecule has 2 aromatic heterocycles. The number of carbonyl (C=O) groups is 1. The summed E-state index contributed by atoms with van der Waals surface area (Å²) in [6, 6.07) is 2.88. The third-order valence-corrected chi connectivity index (χ3v) is 2.56. The summed E-state index contributed by atoms with van der Waals surface area (Å²) in [6.07, 6.45) is 1.45. The molecule has 0 saturated carbocycles. The number of pyridine rings is 1. The van der Waals surface area contributed by atoms with Crippen molar-refractivity contribution in [2.75, 3.05) is 5.75 Å². The van der Waals surface area contributed by atoms with E-state index in [4.69, 9.17) is 9.52 Å². The third kappa shape index (κ3) is 2.94. The summed E-state index contributed by atoms with van der Waals surface area (Å²) in [4.78, 5) is 23.7. The Morgan fingerprint density at radius 3 is 2.94 bits per heavy atom. The second kappa shape index (κ2) is 4.83. The van der Waals surface area contributed by atoms with E-state index in [-0.39, 0.29) is 22.4 Å². The Balaban J connectivity index is 2.15. The molecule has 0 radical (unpaired) electrons. The van der Waals surface area contributed by atoms with Gasteiger partial charge in [0.05, 0.1) is 5.56 Å². The lowest BCUT2D eigenvalue weighted by atomic mass is 10.3. The minimum Gasteiger partial charge on any atom is -0.481 e. The van der Waals surface area contributed by atoms with Crippen LogP contribution in [-0.4, -0.2) is 32.0 Å². The van der Waals surface area contributed by atoms with E-state index in [1.807, 2.05) is 0 Å². The van der Waals surface area contributed by atoms with Gasteiger partial charge >= 0.3 is 5.97 Å². The molecule has 17 heavy (non-hydrogen) atoms. The molecule has 2 heterocycles. The van der Waals surface area contributed by atoms with E-state index in [9.17, 15) is 9.59 Å². The van der Waals surface area contributed by atoms with Gasteiger partial charge in [-0.2, -0.15) is 0 Å². The summed E-state index contributed by atoms with van der Waals surface area (Å²) in [5.41, 5.74) is 0.341. The number of nitrogens with one attached hydrogen (secondary N) is 1. The molecule has 0 aliphatic carbocycles. The largest absolute Gasteiger partial charge is 0.481 e. The summed E-state index contributed by atoms with van der Waals surface area (Å²) in [7, 11) is 0. The summed E-state index contributed by atoms with van der Waals surface area (Å²) in [6.45, 7) is 0. The molecule has 0 aliphatic rings. The number of hydrogen-bond acceptors (Lipinski definition) is 6. The van der Waals surface area contributed by atoms with Crippen LogP contribution in [0.4, 0.5) is 0 Å². The number of hydrogen-bond donors (Lipinski definition) is 2. The van der Waals surface area contributed by atoms with Crippen LogP contribution >= 0.6 is 11.8 Å². The SMILES string of the molecule is O=C(O)CSc1nnc(-c2ccc(=O)[nH]c2)o1. The summed E-state index contributed by atoms with van der Waals surface area (Å²) in [5, 5.41) is 16.1. The van der Waals surface area contributed by atoms with Crippen molar-refractivity contribution < 1.29 is 14.3 Å². The fourth-order valence-electron chi connectivity index (χ4n) is 1.05. The molecule has 0 spiro atoms. The third-order valence-electron chi connectivity index (χ3n) is 1.76. The van der Waals surface area contributed by atoms with E-state index in [1.54, 1.807) is 0 Å². The van der Waals surface area contributed by atoms with Gasteiger partial charge in [-0.3, -0.25) is 9.59 Å². The summed E-state index contributed by atoms with van der Waals surface area (Å²) < 4.78 is 5.22. The molecule has 0 unspecified atom stereocenters. The first kappa shape index (κ1) is 11.4. The zero-order valence-corrected chi connectivity index (χ0v) is 9.23. The minimum absolute atomic E-state index is 0.146. The number of carboxylic acid groups (broad SMARTS) is 1. The van der Waals surface area contributed by atoms with Gasteiger partial charge in [0, 0.05) is 12.3 Å². The molecule has 7 nitrogen and oxygen atoms in total. The van der Waals surface area contributed by atoms with Gasteiger partial charge in [0.15, 0.2) is 0 Å². The lowest BCUT2D eigenvalue weighted by Crippen LogP contribution is -2.01. The van der Waals surface area contributed by atoms with E-state index < -0.39 is 5.97 Å². The smallest absolute Gasteiger partial charge is 0.314 e. The standard InChI is InChI=1S/C9H7N3O4S/c13-6-2-1-5(3-10-6)8-11-12-9(16-8)17-4-7(14)15/h1-3H,4H2,(H,10,13)(H,14,15). The number of aliphatic carboxylic acids is 1. The molecular formula is C9H7N3O4S. The lowest BCUT2D eigenvalue weighted by Gasteiger charge is -1.92. The average molecular weight is 253 g/mol. The highest BCUT2D eigenvalue weighted by atomic mass is 32.2. The zero-order valence-electron chi connectivity index (χ0n) is 8.41. The average Bonchev–Trinajstić information content (AvgIpc) is 2.76. The molecule has 2 rings (SSSR count). The fraction of sp³-hybridized carbons (Fsp3) is 0.111. The Labute approximate surface area is 98.9 Å². The molecule has 0 amide bonds. The lowest BCUT2D eigenvalue weighted by molar-refractivity contribution is -0.133. The first-order chi connectivity index (χ1) is 8.15. The van der Waals surface area contributed by atoms with E-state index in [2.05, 4.69) is 15.2 Å². The minimum atomic E-state index is -0.959. The van der Waals surface area contributed by atoms with Crippen molar-refractivity contribution >= 4 is 17.7 Å². The van der Waals surface area contributed by atoms with Gasteiger partial charge in [-0.1, -0.05) is 11.8 Å². The van der Waals surface area contributed by atoms with Crippen LogP contribution in [0.3, 0.4) is 0 Å². The van der Waals surface area contributed by atoms with Gasteiger partial charge < -0.3 is 14.5 Å². The van der Waals surface area contributed by atoms with Crippen LogP contribution in [0, 0.1) is 0 Å². The molecule has 8 heteroatoms. The van der Waals surface area contributed by atoms with Crippen LogP contribution in [0.15, 0.2) is 32.8 Å².